The lowest BCUT2D eigenvalue weighted by Gasteiger charge is -2.42. The van der Waals surface area contributed by atoms with Gasteiger partial charge in [-0.3, -0.25) is 0 Å². The molecule has 7 heteroatoms. The fraction of sp³-hybridized carbons (Fsp3) is 0.571. The highest BCUT2D eigenvalue weighted by molar-refractivity contribution is 5.42. The second-order valence-corrected chi connectivity index (χ2v) is 12.2. The number of aromatic hydroxyl groups is 1. The van der Waals surface area contributed by atoms with Gasteiger partial charge in [0.25, 0.3) is 0 Å². The Balaban J connectivity index is 1.35. The minimum atomic E-state index is -0.560. The van der Waals surface area contributed by atoms with Gasteiger partial charge in [-0.2, -0.15) is 11.9 Å². The number of phenols is 1. The van der Waals surface area contributed by atoms with Gasteiger partial charge in [0.05, 0.1) is 18.8 Å². The largest absolute Gasteiger partial charge is 0.667 e. The maximum atomic E-state index is 10.6. The van der Waals surface area contributed by atoms with E-state index in [4.69, 9.17) is 15.5 Å². The smallest absolute Gasteiger partial charge is 0.161 e. The first-order valence-corrected chi connectivity index (χ1v) is 16.0. The highest BCUT2D eigenvalue weighted by Gasteiger charge is 2.41. The first-order valence-electron chi connectivity index (χ1n) is 16.0. The van der Waals surface area contributed by atoms with Crippen molar-refractivity contribution in [1.29, 1.82) is 0 Å². The molecular formula is C35H50N3O4-. The molecule has 5 N–H and O–H groups in total. The number of nitrogens with zero attached hydrogens (tertiary/aromatic N) is 2. The third-order valence-corrected chi connectivity index (χ3v) is 9.07. The Morgan fingerprint density at radius 2 is 1.76 bits per heavy atom. The number of hydrogen-bond donors (Lipinski definition) is 4. The summed E-state index contributed by atoms with van der Waals surface area (Å²) in [5, 5.41) is 31.4. The number of aromatic nitrogens is 2. The lowest BCUT2D eigenvalue weighted by atomic mass is 9.67. The molecule has 230 valence electrons. The summed E-state index contributed by atoms with van der Waals surface area (Å²) in [7, 11) is 0. The third-order valence-electron chi connectivity index (χ3n) is 9.07. The van der Waals surface area contributed by atoms with Crippen LogP contribution in [0.3, 0.4) is 0 Å². The Morgan fingerprint density at radius 1 is 0.976 bits per heavy atom. The first-order chi connectivity index (χ1) is 20.4. The lowest BCUT2D eigenvalue weighted by molar-refractivity contribution is 0.0697. The number of unbranched alkanes of at least 4 members (excludes halogenated alkanes) is 4. The molecule has 0 aliphatic heterocycles. The molecule has 1 aliphatic carbocycles. The van der Waals surface area contributed by atoms with Crippen molar-refractivity contribution in [3.05, 3.63) is 71.7 Å². The Labute approximate surface area is 251 Å². The quantitative estimate of drug-likeness (QED) is 0.123. The van der Waals surface area contributed by atoms with E-state index >= 15 is 0 Å². The number of aliphatic hydroxyl groups is 2. The number of nitrogens with two attached hydrogens (primary N) is 1. The van der Waals surface area contributed by atoms with Crippen LogP contribution in [0.1, 0.15) is 113 Å². The summed E-state index contributed by atoms with van der Waals surface area (Å²) in [6.07, 6.45) is 16.0. The number of aliphatic hydroxyl groups excluding tert-OH is 2. The number of aryl methyl sites for hydroxylation is 1. The number of rotatable bonds is 18. The van der Waals surface area contributed by atoms with Gasteiger partial charge in [0.1, 0.15) is 5.82 Å². The van der Waals surface area contributed by atoms with Gasteiger partial charge >= 0.3 is 0 Å². The van der Waals surface area contributed by atoms with Gasteiger partial charge in [-0.25, -0.2) is 4.98 Å². The standard InChI is InChI=1S/C35H50N3O4/c1-2-3-4-5-6-10-28(39)25-29(40)14-12-26-13-15-31(41)32(23-26)42-22-17-30(27-16-21-38-34(36)24-27)35(18-7-8-19-35)33-11-9-20-37-33/h9,11,13,15-16,20-21,23-24,28-30,39-41H,2-8,10,12,14,17-19,22,25H2,1H3,(H2,36,38)/q-1/t28-,29+,30+/m0/s1. The van der Waals surface area contributed by atoms with Crippen LogP contribution in [0.4, 0.5) is 5.82 Å². The van der Waals surface area contributed by atoms with Crippen LogP contribution in [0, 0.1) is 0 Å². The summed E-state index contributed by atoms with van der Waals surface area (Å²) in [5.41, 5.74) is 9.28. The number of benzene rings is 1. The van der Waals surface area contributed by atoms with E-state index in [1.807, 2.05) is 30.5 Å². The molecular weight excluding hydrogens is 526 g/mol. The van der Waals surface area contributed by atoms with Crippen LogP contribution in [-0.2, 0) is 11.8 Å². The molecule has 4 rings (SSSR count). The van der Waals surface area contributed by atoms with Gasteiger partial charge in [0.2, 0.25) is 0 Å². The van der Waals surface area contributed by atoms with Crippen molar-refractivity contribution in [3.8, 4) is 11.5 Å². The van der Waals surface area contributed by atoms with Crippen molar-refractivity contribution < 1.29 is 20.1 Å². The molecule has 42 heavy (non-hydrogen) atoms. The zero-order valence-electron chi connectivity index (χ0n) is 25.3. The van der Waals surface area contributed by atoms with E-state index < -0.39 is 12.2 Å². The normalized spacial score (nSPS) is 16.7. The molecule has 1 saturated carbocycles. The van der Waals surface area contributed by atoms with Gasteiger partial charge in [-0.1, -0.05) is 70.1 Å². The first kappa shape index (κ1) is 31.9. The molecule has 0 unspecified atom stereocenters. The predicted octanol–water partition coefficient (Wildman–Crippen LogP) is 6.80. The van der Waals surface area contributed by atoms with Gasteiger partial charge in [0.15, 0.2) is 11.5 Å². The molecule has 0 radical (unpaired) electrons. The summed E-state index contributed by atoms with van der Waals surface area (Å²) < 4.78 is 6.21. The summed E-state index contributed by atoms with van der Waals surface area (Å²) in [5.74, 6) is 1.22. The monoisotopic (exact) mass is 576 g/mol. The van der Waals surface area contributed by atoms with Gasteiger partial charge in [-0.15, -0.1) is 0 Å². The number of phenolic OH excluding ortho intramolecular Hbond substituents is 1. The molecule has 0 saturated heterocycles. The van der Waals surface area contributed by atoms with Crippen molar-refractivity contribution in [2.75, 3.05) is 12.3 Å². The van der Waals surface area contributed by atoms with E-state index in [2.05, 4.69) is 24.0 Å². The molecule has 0 bridgehead atoms. The highest BCUT2D eigenvalue weighted by atomic mass is 16.5. The fourth-order valence-corrected chi connectivity index (χ4v) is 6.81. The van der Waals surface area contributed by atoms with Gasteiger partial charge < -0.3 is 30.8 Å². The summed E-state index contributed by atoms with van der Waals surface area (Å²) >= 11 is 0. The average Bonchev–Trinajstić information content (AvgIpc) is 3.69. The highest BCUT2D eigenvalue weighted by Crippen LogP contribution is 2.51. The number of anilines is 1. The molecule has 0 amide bonds. The van der Waals surface area contributed by atoms with Gasteiger partial charge in [-0.05, 0) is 91.7 Å². The van der Waals surface area contributed by atoms with Crippen molar-refractivity contribution >= 4 is 5.82 Å². The van der Waals surface area contributed by atoms with Crippen molar-refractivity contribution in [3.63, 3.8) is 0 Å². The Hall–Kier alpha value is -3.03. The number of hydrogen-bond acceptors (Lipinski definition) is 6. The molecule has 3 aromatic rings. The van der Waals surface area contributed by atoms with Crippen LogP contribution in [0.15, 0.2) is 54.9 Å². The van der Waals surface area contributed by atoms with E-state index in [1.54, 1.807) is 12.3 Å². The SMILES string of the molecule is CCCCCCC[C@H](O)C[C@H](O)CCc1ccc(O)c(OCC[C@H](c2ccnc(N)c2)C2(c3ccc[n-]3)CCCC2)c1. The molecule has 2 aromatic heterocycles. The Bertz CT molecular complexity index is 1190. The van der Waals surface area contributed by atoms with Crippen LogP contribution in [0.25, 0.3) is 0 Å². The van der Waals surface area contributed by atoms with Crippen LogP contribution in [0.5, 0.6) is 11.5 Å². The summed E-state index contributed by atoms with van der Waals surface area (Å²) in [4.78, 5) is 8.96. The topological polar surface area (TPSA) is 123 Å². The molecule has 2 heterocycles. The molecule has 1 aliphatic rings. The van der Waals surface area contributed by atoms with E-state index in [-0.39, 0.29) is 17.1 Å². The van der Waals surface area contributed by atoms with Crippen LogP contribution < -0.4 is 15.5 Å². The second-order valence-electron chi connectivity index (χ2n) is 12.2. The molecule has 3 atom stereocenters. The molecule has 1 aromatic carbocycles. The maximum absolute atomic E-state index is 10.6. The van der Waals surface area contributed by atoms with E-state index in [0.29, 0.717) is 37.4 Å². The zero-order valence-corrected chi connectivity index (χ0v) is 25.3. The van der Waals surface area contributed by atoms with Crippen LogP contribution in [0.2, 0.25) is 0 Å². The van der Waals surface area contributed by atoms with Gasteiger partial charge in [0, 0.05) is 6.20 Å². The number of nitrogen functional groups attached to an aromatic ring is 1. The van der Waals surface area contributed by atoms with E-state index in [1.165, 1.54) is 19.3 Å². The van der Waals surface area contributed by atoms with Crippen molar-refractivity contribution in [2.45, 2.75) is 120 Å². The number of pyridine rings is 1. The third kappa shape index (κ3) is 8.74. The molecule has 7 nitrogen and oxygen atoms in total. The zero-order chi connectivity index (χ0) is 29.8. The van der Waals surface area contributed by atoms with Crippen molar-refractivity contribution in [2.24, 2.45) is 0 Å². The minimum Gasteiger partial charge on any atom is -0.667 e. The Morgan fingerprint density at radius 3 is 2.50 bits per heavy atom. The second kappa shape index (κ2) is 16.0. The summed E-state index contributed by atoms with van der Waals surface area (Å²) in [6, 6.07) is 13.6. The van der Waals surface area contributed by atoms with E-state index in [0.717, 1.165) is 68.2 Å². The van der Waals surface area contributed by atoms with E-state index in [9.17, 15) is 15.3 Å². The average molecular weight is 577 g/mol. The van der Waals surface area contributed by atoms with Crippen LogP contribution in [-0.4, -0.2) is 39.1 Å². The summed E-state index contributed by atoms with van der Waals surface area (Å²) in [6.45, 7) is 2.63. The van der Waals surface area contributed by atoms with Crippen LogP contribution >= 0.6 is 0 Å². The lowest BCUT2D eigenvalue weighted by Crippen LogP contribution is -2.33. The molecule has 1 fully saturated rings. The fourth-order valence-electron chi connectivity index (χ4n) is 6.81. The minimum absolute atomic E-state index is 0.0826. The predicted molar refractivity (Wildman–Crippen MR) is 168 cm³/mol. The Kier molecular flexibility index (Phi) is 12.1. The number of ether oxygens (including phenoxy) is 1. The maximum Gasteiger partial charge on any atom is 0.161 e. The molecule has 0 spiro atoms. The van der Waals surface area contributed by atoms with Crippen molar-refractivity contribution in [1.82, 2.24) is 9.97 Å².